The molecule has 1 aromatic carbocycles. The maximum absolute atomic E-state index is 13.2. The number of ether oxygens (including phenoxy) is 1. The highest BCUT2D eigenvalue weighted by Gasteiger charge is 2.23. The molecule has 1 aliphatic carbocycles. The number of carbonyl (C=O) groups excluding carboxylic acids is 1. The van der Waals surface area contributed by atoms with Gasteiger partial charge in [0.15, 0.2) is 0 Å². The molecular formula is C26H38N6O3. The fourth-order valence-corrected chi connectivity index (χ4v) is 4.44. The van der Waals surface area contributed by atoms with E-state index in [2.05, 4.69) is 49.9 Å². The number of amides is 1. The van der Waals surface area contributed by atoms with E-state index < -0.39 is 0 Å². The van der Waals surface area contributed by atoms with E-state index in [9.17, 15) is 9.90 Å². The quantitative estimate of drug-likeness (QED) is 0.381. The second-order valence-corrected chi connectivity index (χ2v) is 9.43. The molecule has 2 aromatic rings. The molecule has 35 heavy (non-hydrogen) atoms. The highest BCUT2D eigenvalue weighted by atomic mass is 16.5. The first-order valence-corrected chi connectivity index (χ1v) is 12.9. The topological polar surface area (TPSA) is 112 Å². The Bertz CT molecular complexity index is 941. The second-order valence-electron chi connectivity index (χ2n) is 9.43. The van der Waals surface area contributed by atoms with E-state index in [-0.39, 0.29) is 18.1 Å². The lowest BCUT2D eigenvalue weighted by atomic mass is 9.93. The van der Waals surface area contributed by atoms with Crippen LogP contribution in [-0.4, -0.2) is 70.9 Å². The van der Waals surface area contributed by atoms with Crippen LogP contribution in [0.5, 0.6) is 0 Å². The summed E-state index contributed by atoms with van der Waals surface area (Å²) >= 11 is 0. The van der Waals surface area contributed by atoms with Gasteiger partial charge in [-0.1, -0.05) is 25.5 Å². The summed E-state index contributed by atoms with van der Waals surface area (Å²) in [5.74, 6) is 0.798. The highest BCUT2D eigenvalue weighted by Crippen LogP contribution is 2.24. The molecule has 2 fully saturated rings. The third-order valence-electron chi connectivity index (χ3n) is 6.61. The molecule has 0 spiro atoms. The number of rotatable bonds is 10. The molecule has 4 N–H and O–H groups in total. The Morgan fingerprint density at radius 1 is 1.14 bits per heavy atom. The molecule has 1 aromatic heterocycles. The molecule has 9 nitrogen and oxygen atoms in total. The molecule has 1 saturated carbocycles. The van der Waals surface area contributed by atoms with Crippen molar-refractivity contribution in [1.82, 2.24) is 14.9 Å². The van der Waals surface area contributed by atoms with Crippen molar-refractivity contribution in [3.8, 4) is 0 Å². The zero-order valence-corrected chi connectivity index (χ0v) is 20.6. The lowest BCUT2D eigenvalue weighted by Gasteiger charge is -2.27. The molecule has 1 saturated heterocycles. The van der Waals surface area contributed by atoms with E-state index in [0.717, 1.165) is 83.6 Å². The summed E-state index contributed by atoms with van der Waals surface area (Å²) < 4.78 is 5.42. The van der Waals surface area contributed by atoms with Gasteiger partial charge in [0.05, 0.1) is 19.3 Å². The van der Waals surface area contributed by atoms with Crippen molar-refractivity contribution >= 4 is 23.4 Å². The summed E-state index contributed by atoms with van der Waals surface area (Å²) in [4.78, 5) is 24.6. The number of nitrogens with one attached hydrogen (secondary N) is 3. The van der Waals surface area contributed by atoms with Gasteiger partial charge in [-0.25, -0.2) is 4.98 Å². The van der Waals surface area contributed by atoms with Crippen molar-refractivity contribution in [3.63, 3.8) is 0 Å². The first-order chi connectivity index (χ1) is 17.1. The van der Waals surface area contributed by atoms with Crippen molar-refractivity contribution in [2.24, 2.45) is 0 Å². The monoisotopic (exact) mass is 482 g/mol. The Kier molecular flexibility index (Phi) is 9.28. The van der Waals surface area contributed by atoms with Gasteiger partial charge >= 0.3 is 0 Å². The van der Waals surface area contributed by atoms with Gasteiger partial charge < -0.3 is 25.8 Å². The van der Waals surface area contributed by atoms with Crippen LogP contribution in [0.3, 0.4) is 0 Å². The van der Waals surface area contributed by atoms with Crippen LogP contribution in [0.4, 0.5) is 17.5 Å². The van der Waals surface area contributed by atoms with Crippen molar-refractivity contribution in [1.29, 1.82) is 0 Å². The molecule has 1 aliphatic heterocycles. The van der Waals surface area contributed by atoms with E-state index in [1.165, 1.54) is 5.56 Å². The van der Waals surface area contributed by atoms with Crippen LogP contribution in [0.1, 0.15) is 61.4 Å². The van der Waals surface area contributed by atoms with Crippen LogP contribution in [0.25, 0.3) is 0 Å². The maximum Gasteiger partial charge on any atom is 0.260 e. The van der Waals surface area contributed by atoms with Gasteiger partial charge in [-0.05, 0) is 49.8 Å². The van der Waals surface area contributed by atoms with Crippen LogP contribution in [0, 0.1) is 0 Å². The van der Waals surface area contributed by atoms with Crippen LogP contribution in [-0.2, 0) is 11.3 Å². The number of carbonyl (C=O) groups is 1. The summed E-state index contributed by atoms with van der Waals surface area (Å²) in [6, 6.07) is 8.14. The van der Waals surface area contributed by atoms with Gasteiger partial charge in [0.25, 0.3) is 5.91 Å². The SMILES string of the molecule is CCCCNc1ncc(C(=O)Nc2ccc(CN3CCOCC3)cc2)c(N[C@H]2CC[C@H](O)CC2)n1. The van der Waals surface area contributed by atoms with Gasteiger partial charge in [-0.3, -0.25) is 9.69 Å². The lowest BCUT2D eigenvalue weighted by Crippen LogP contribution is -2.35. The van der Waals surface area contributed by atoms with Gasteiger partial charge in [-0.2, -0.15) is 4.98 Å². The number of benzene rings is 1. The average Bonchev–Trinajstić information content (AvgIpc) is 2.87. The molecule has 1 amide bonds. The van der Waals surface area contributed by atoms with Crippen LogP contribution >= 0.6 is 0 Å². The Hall–Kier alpha value is -2.75. The number of hydrogen-bond acceptors (Lipinski definition) is 8. The molecule has 2 heterocycles. The van der Waals surface area contributed by atoms with Crippen molar-refractivity contribution in [2.75, 3.05) is 48.8 Å². The second kappa shape index (κ2) is 12.8. The summed E-state index contributed by atoms with van der Waals surface area (Å²) in [5.41, 5.74) is 2.35. The third-order valence-corrected chi connectivity index (χ3v) is 6.61. The minimum absolute atomic E-state index is 0.169. The van der Waals surface area contributed by atoms with E-state index in [4.69, 9.17) is 4.74 Å². The number of aliphatic hydroxyl groups excluding tert-OH is 1. The average molecular weight is 483 g/mol. The van der Waals surface area contributed by atoms with Gasteiger partial charge in [-0.15, -0.1) is 0 Å². The largest absolute Gasteiger partial charge is 0.393 e. The van der Waals surface area contributed by atoms with E-state index in [1.807, 2.05) is 12.1 Å². The number of unbranched alkanes of at least 4 members (excludes halogenated alkanes) is 1. The fraction of sp³-hybridized carbons (Fsp3) is 0.577. The zero-order valence-electron chi connectivity index (χ0n) is 20.6. The van der Waals surface area contributed by atoms with Crippen molar-refractivity contribution < 1.29 is 14.6 Å². The molecule has 9 heteroatoms. The Morgan fingerprint density at radius 2 is 1.89 bits per heavy atom. The number of aliphatic hydroxyl groups is 1. The molecule has 0 bridgehead atoms. The minimum Gasteiger partial charge on any atom is -0.393 e. The van der Waals surface area contributed by atoms with Gasteiger partial charge in [0, 0.05) is 44.1 Å². The van der Waals surface area contributed by atoms with Crippen molar-refractivity contribution in [3.05, 3.63) is 41.6 Å². The summed E-state index contributed by atoms with van der Waals surface area (Å²) in [6.45, 7) is 7.24. The standard InChI is InChI=1S/C26H38N6O3/c1-2-3-12-27-26-28-17-23(24(31-26)29-20-8-10-22(33)11-9-20)25(34)30-21-6-4-19(5-7-21)18-32-13-15-35-16-14-32/h4-7,17,20,22,33H,2-3,8-16,18H2,1H3,(H,30,34)(H2,27,28,29,31)/t20-,22-. The number of aromatic nitrogens is 2. The van der Waals surface area contributed by atoms with Gasteiger partial charge in [0.2, 0.25) is 5.95 Å². The molecular weight excluding hydrogens is 444 g/mol. The first kappa shape index (κ1) is 25.3. The fourth-order valence-electron chi connectivity index (χ4n) is 4.44. The summed E-state index contributed by atoms with van der Waals surface area (Å²) in [7, 11) is 0. The van der Waals surface area contributed by atoms with Crippen LogP contribution < -0.4 is 16.0 Å². The lowest BCUT2D eigenvalue weighted by molar-refractivity contribution is 0.0342. The molecule has 190 valence electrons. The number of hydrogen-bond donors (Lipinski definition) is 4. The predicted molar refractivity (Wildman–Crippen MR) is 138 cm³/mol. The molecule has 0 atom stereocenters. The maximum atomic E-state index is 13.2. The Labute approximate surface area is 207 Å². The van der Waals surface area contributed by atoms with E-state index in [0.29, 0.717) is 17.3 Å². The Morgan fingerprint density at radius 3 is 2.60 bits per heavy atom. The molecule has 0 radical (unpaired) electrons. The number of anilines is 3. The first-order valence-electron chi connectivity index (χ1n) is 12.9. The van der Waals surface area contributed by atoms with Crippen LogP contribution in [0.15, 0.2) is 30.5 Å². The summed E-state index contributed by atoms with van der Waals surface area (Å²) in [6.07, 6.45) is 6.64. The number of nitrogens with zero attached hydrogens (tertiary/aromatic N) is 3. The third kappa shape index (κ3) is 7.62. The van der Waals surface area contributed by atoms with E-state index >= 15 is 0 Å². The number of morpholine rings is 1. The van der Waals surface area contributed by atoms with E-state index in [1.54, 1.807) is 6.20 Å². The van der Waals surface area contributed by atoms with Gasteiger partial charge in [0.1, 0.15) is 11.4 Å². The molecule has 4 rings (SSSR count). The molecule has 0 unspecified atom stereocenters. The Balaban J connectivity index is 1.42. The molecule has 2 aliphatic rings. The van der Waals surface area contributed by atoms with Crippen LogP contribution in [0.2, 0.25) is 0 Å². The normalized spacial score (nSPS) is 20.9. The smallest absolute Gasteiger partial charge is 0.260 e. The minimum atomic E-state index is -0.246. The zero-order chi connectivity index (χ0) is 24.5. The summed E-state index contributed by atoms with van der Waals surface area (Å²) in [5, 5.41) is 19.5. The van der Waals surface area contributed by atoms with Crippen molar-refractivity contribution in [2.45, 2.75) is 64.1 Å². The highest BCUT2D eigenvalue weighted by molar-refractivity contribution is 6.07. The predicted octanol–water partition coefficient (Wildman–Crippen LogP) is 3.49.